The topological polar surface area (TPSA) is 55.3 Å². The molecule has 0 aliphatic carbocycles. The molecule has 0 radical (unpaired) electrons. The molecule has 1 aromatic carbocycles. The predicted octanol–water partition coefficient (Wildman–Crippen LogP) is 4.58. The Hall–Kier alpha value is -1.69. The first-order valence-corrected chi connectivity index (χ1v) is 9.48. The van der Waals surface area contributed by atoms with Crippen molar-refractivity contribution in [2.75, 3.05) is 13.1 Å². The van der Waals surface area contributed by atoms with Gasteiger partial charge in [-0.25, -0.2) is 9.78 Å². The lowest BCUT2D eigenvalue weighted by Crippen LogP contribution is -2.42. The van der Waals surface area contributed by atoms with Crippen LogP contribution in [-0.4, -0.2) is 39.7 Å². The molecule has 0 N–H and O–H groups in total. The number of nitrogens with zero attached hydrogens (tertiary/aromatic N) is 3. The Morgan fingerprint density at radius 3 is 2.68 bits per heavy atom. The molecular formula is C19H24BrN3O2. The Morgan fingerprint density at radius 2 is 2.00 bits per heavy atom. The van der Waals surface area contributed by atoms with Gasteiger partial charge >= 0.3 is 6.09 Å². The van der Waals surface area contributed by atoms with Crippen LogP contribution in [-0.2, 0) is 11.2 Å². The van der Waals surface area contributed by atoms with Crippen LogP contribution >= 0.6 is 15.9 Å². The fourth-order valence-electron chi connectivity index (χ4n) is 3.06. The van der Waals surface area contributed by atoms with E-state index in [0.29, 0.717) is 5.92 Å². The van der Waals surface area contributed by atoms with Crippen molar-refractivity contribution in [1.29, 1.82) is 0 Å². The van der Waals surface area contributed by atoms with Crippen LogP contribution in [0.25, 0.3) is 11.0 Å². The molecule has 1 fully saturated rings. The smallest absolute Gasteiger partial charge is 0.410 e. The van der Waals surface area contributed by atoms with Crippen molar-refractivity contribution >= 4 is 33.1 Å². The van der Waals surface area contributed by atoms with Crippen molar-refractivity contribution in [2.24, 2.45) is 5.92 Å². The monoisotopic (exact) mass is 405 g/mol. The molecule has 25 heavy (non-hydrogen) atoms. The lowest BCUT2D eigenvalue weighted by atomic mass is 9.92. The Morgan fingerprint density at radius 1 is 1.28 bits per heavy atom. The summed E-state index contributed by atoms with van der Waals surface area (Å²) in [7, 11) is 0. The Bertz CT molecular complexity index is 765. The normalized spacial score (nSPS) is 16.2. The summed E-state index contributed by atoms with van der Waals surface area (Å²) in [5.74, 6) is 0.526. The van der Waals surface area contributed by atoms with Crippen molar-refractivity contribution in [3.05, 3.63) is 34.6 Å². The summed E-state index contributed by atoms with van der Waals surface area (Å²) in [6.07, 6.45) is 4.50. The maximum atomic E-state index is 12.1. The van der Waals surface area contributed by atoms with Gasteiger partial charge in [0.15, 0.2) is 0 Å². The highest BCUT2D eigenvalue weighted by atomic mass is 79.9. The quantitative estimate of drug-likeness (QED) is 0.733. The molecule has 2 aromatic rings. The molecule has 6 heteroatoms. The van der Waals surface area contributed by atoms with Gasteiger partial charge in [0.05, 0.1) is 16.7 Å². The number of rotatable bonds is 2. The number of hydrogen-bond acceptors (Lipinski definition) is 4. The molecule has 3 rings (SSSR count). The molecule has 1 amide bonds. The number of likely N-dealkylation sites (tertiary alicyclic amines) is 1. The van der Waals surface area contributed by atoms with Crippen molar-refractivity contribution in [3.63, 3.8) is 0 Å². The number of fused-ring (bicyclic) bond motifs is 1. The van der Waals surface area contributed by atoms with Crippen LogP contribution in [0.3, 0.4) is 0 Å². The summed E-state index contributed by atoms with van der Waals surface area (Å²) in [4.78, 5) is 23.2. The fraction of sp³-hybridized carbons (Fsp3) is 0.526. The van der Waals surface area contributed by atoms with Gasteiger partial charge in [-0.15, -0.1) is 0 Å². The first-order valence-electron chi connectivity index (χ1n) is 8.69. The number of carbonyl (C=O) groups excluding carboxylic acids is 1. The first kappa shape index (κ1) is 18.1. The maximum Gasteiger partial charge on any atom is 0.410 e. The molecule has 134 valence electrons. The number of ether oxygens (including phenoxy) is 1. The van der Waals surface area contributed by atoms with E-state index < -0.39 is 5.60 Å². The minimum atomic E-state index is -0.442. The first-order chi connectivity index (χ1) is 11.8. The average molecular weight is 406 g/mol. The van der Waals surface area contributed by atoms with Gasteiger partial charge in [0.2, 0.25) is 0 Å². The summed E-state index contributed by atoms with van der Waals surface area (Å²) in [6, 6.07) is 5.94. The summed E-state index contributed by atoms with van der Waals surface area (Å²) >= 11 is 3.48. The third-order valence-electron chi connectivity index (χ3n) is 4.32. The van der Waals surface area contributed by atoms with E-state index in [1.165, 1.54) is 0 Å². The second-order valence-electron chi connectivity index (χ2n) is 7.61. The van der Waals surface area contributed by atoms with Crippen LogP contribution in [0.1, 0.15) is 39.3 Å². The van der Waals surface area contributed by atoms with E-state index in [2.05, 4.69) is 20.9 Å². The molecule has 0 saturated carbocycles. The molecule has 1 aliphatic rings. The number of aromatic nitrogens is 2. The second-order valence-corrected chi connectivity index (χ2v) is 8.52. The molecule has 2 heterocycles. The number of amides is 1. The minimum Gasteiger partial charge on any atom is -0.444 e. The lowest BCUT2D eigenvalue weighted by molar-refractivity contribution is 0.0184. The van der Waals surface area contributed by atoms with Crippen molar-refractivity contribution in [3.8, 4) is 0 Å². The Labute approximate surface area is 156 Å². The van der Waals surface area contributed by atoms with E-state index in [9.17, 15) is 4.79 Å². The zero-order valence-electron chi connectivity index (χ0n) is 15.0. The number of hydrogen-bond donors (Lipinski definition) is 0. The minimum absolute atomic E-state index is 0.207. The summed E-state index contributed by atoms with van der Waals surface area (Å²) < 4.78 is 6.46. The van der Waals surface area contributed by atoms with Crippen LogP contribution in [0.2, 0.25) is 0 Å². The predicted molar refractivity (Wildman–Crippen MR) is 101 cm³/mol. The van der Waals surface area contributed by atoms with Crippen LogP contribution in [0.4, 0.5) is 4.79 Å². The number of piperidine rings is 1. The molecule has 0 atom stereocenters. The highest BCUT2D eigenvalue weighted by Gasteiger charge is 2.27. The lowest BCUT2D eigenvalue weighted by Gasteiger charge is -2.33. The van der Waals surface area contributed by atoms with E-state index in [1.807, 2.05) is 50.1 Å². The molecular weight excluding hydrogens is 382 g/mol. The standard InChI is InChI=1S/C19H24BrN3O2/c1-19(2,3)25-18(24)23-8-6-13(7-9-23)10-15-12-21-16-5-4-14(20)11-17(16)22-15/h4-5,11-13H,6-10H2,1-3H3. The van der Waals surface area contributed by atoms with E-state index in [-0.39, 0.29) is 6.09 Å². The van der Waals surface area contributed by atoms with Crippen molar-refractivity contribution in [1.82, 2.24) is 14.9 Å². The second kappa shape index (κ2) is 7.28. The highest BCUT2D eigenvalue weighted by molar-refractivity contribution is 9.10. The van der Waals surface area contributed by atoms with Crippen molar-refractivity contribution < 1.29 is 9.53 Å². The maximum absolute atomic E-state index is 12.1. The van der Waals surface area contributed by atoms with Crippen LogP contribution in [0.5, 0.6) is 0 Å². The van der Waals surface area contributed by atoms with Gasteiger partial charge in [-0.1, -0.05) is 15.9 Å². The Balaban J connectivity index is 1.58. The number of benzene rings is 1. The van der Waals surface area contributed by atoms with Gasteiger partial charge in [0.1, 0.15) is 5.60 Å². The van der Waals surface area contributed by atoms with Gasteiger partial charge in [-0.05, 0) is 64.2 Å². The largest absolute Gasteiger partial charge is 0.444 e. The van der Waals surface area contributed by atoms with Crippen molar-refractivity contribution in [2.45, 2.75) is 45.6 Å². The summed E-state index contributed by atoms with van der Waals surface area (Å²) in [6.45, 7) is 7.18. The summed E-state index contributed by atoms with van der Waals surface area (Å²) in [5, 5.41) is 0. The van der Waals surface area contributed by atoms with E-state index >= 15 is 0 Å². The van der Waals surface area contributed by atoms with Crippen LogP contribution in [0.15, 0.2) is 28.9 Å². The molecule has 0 bridgehead atoms. The van der Waals surface area contributed by atoms with E-state index in [4.69, 9.17) is 9.72 Å². The fourth-order valence-corrected chi connectivity index (χ4v) is 3.41. The third kappa shape index (κ3) is 4.91. The molecule has 1 saturated heterocycles. The molecule has 1 aliphatic heterocycles. The van der Waals surface area contributed by atoms with Crippen LogP contribution < -0.4 is 0 Å². The SMILES string of the molecule is CC(C)(C)OC(=O)N1CCC(Cc2cnc3ccc(Br)cc3n2)CC1. The number of halogens is 1. The van der Waals surface area contributed by atoms with E-state index in [1.54, 1.807) is 0 Å². The zero-order valence-corrected chi connectivity index (χ0v) is 16.5. The van der Waals surface area contributed by atoms with Gasteiger partial charge < -0.3 is 9.64 Å². The molecule has 0 spiro atoms. The van der Waals surface area contributed by atoms with Gasteiger partial charge in [-0.3, -0.25) is 4.98 Å². The van der Waals surface area contributed by atoms with Gasteiger partial charge in [-0.2, -0.15) is 0 Å². The van der Waals surface area contributed by atoms with Gasteiger partial charge in [0, 0.05) is 23.8 Å². The van der Waals surface area contributed by atoms with E-state index in [0.717, 1.165) is 53.6 Å². The highest BCUT2D eigenvalue weighted by Crippen LogP contribution is 2.23. The molecule has 1 aromatic heterocycles. The average Bonchev–Trinajstić information content (AvgIpc) is 2.53. The van der Waals surface area contributed by atoms with Gasteiger partial charge in [0.25, 0.3) is 0 Å². The zero-order chi connectivity index (χ0) is 18.0. The molecule has 5 nitrogen and oxygen atoms in total. The third-order valence-corrected chi connectivity index (χ3v) is 4.81. The summed E-state index contributed by atoms with van der Waals surface area (Å²) in [5.41, 5.74) is 2.40. The Kier molecular flexibility index (Phi) is 5.27. The number of carbonyl (C=O) groups is 1. The van der Waals surface area contributed by atoms with Crippen LogP contribution in [0, 0.1) is 5.92 Å². The molecule has 0 unspecified atom stereocenters.